The van der Waals surface area contributed by atoms with Crippen LogP contribution in [0.15, 0.2) is 71.7 Å². The fourth-order valence-electron chi connectivity index (χ4n) is 4.95. The van der Waals surface area contributed by atoms with Crippen molar-refractivity contribution >= 4 is 34.8 Å². The number of likely N-dealkylation sites (tertiary alicyclic amines) is 1. The van der Waals surface area contributed by atoms with Gasteiger partial charge in [0.2, 0.25) is 11.8 Å². The second-order valence-electron chi connectivity index (χ2n) is 9.61. The number of rotatable bonds is 7. The van der Waals surface area contributed by atoms with Gasteiger partial charge in [-0.25, -0.2) is 13.2 Å². The Kier molecular flexibility index (Phi) is 7.02. The Hall–Kier alpha value is -3.63. The zero-order chi connectivity index (χ0) is 27.0. The second-order valence-corrected chi connectivity index (χ2v) is 10.1. The highest BCUT2D eigenvalue weighted by Gasteiger charge is 2.59. The Morgan fingerprint density at radius 1 is 1.00 bits per heavy atom. The maximum atomic E-state index is 14.9. The van der Waals surface area contributed by atoms with E-state index in [1.165, 1.54) is 29.0 Å². The number of pyridine rings is 1. The van der Waals surface area contributed by atoms with Gasteiger partial charge in [0, 0.05) is 48.5 Å². The molecule has 1 unspecified atom stereocenters. The van der Waals surface area contributed by atoms with E-state index in [0.717, 1.165) is 6.07 Å². The minimum absolute atomic E-state index is 0.113. The van der Waals surface area contributed by atoms with Crippen molar-refractivity contribution in [2.75, 3.05) is 30.3 Å². The van der Waals surface area contributed by atoms with Crippen molar-refractivity contribution in [3.63, 3.8) is 0 Å². The average molecular weight is 545 g/mol. The molecule has 11 heteroatoms. The number of anilines is 2. The van der Waals surface area contributed by atoms with Gasteiger partial charge >= 0.3 is 0 Å². The Bertz CT molecular complexity index is 1430. The Morgan fingerprint density at radius 3 is 2.34 bits per heavy atom. The van der Waals surface area contributed by atoms with Crippen LogP contribution in [-0.4, -0.2) is 46.8 Å². The minimum Gasteiger partial charge on any atom is -0.326 e. The largest absolute Gasteiger partial charge is 0.326 e. The van der Waals surface area contributed by atoms with Gasteiger partial charge in [-0.2, -0.15) is 0 Å². The van der Waals surface area contributed by atoms with E-state index in [1.807, 2.05) is 0 Å². The van der Waals surface area contributed by atoms with Gasteiger partial charge in [-0.1, -0.05) is 17.7 Å². The van der Waals surface area contributed by atoms with E-state index < -0.39 is 47.9 Å². The molecule has 1 aliphatic carbocycles. The maximum Gasteiger partial charge on any atom is 0.261 e. The van der Waals surface area contributed by atoms with Gasteiger partial charge in [0.05, 0.1) is 29.8 Å². The summed E-state index contributed by atoms with van der Waals surface area (Å²) in [4.78, 5) is 39.8. The van der Waals surface area contributed by atoms with Gasteiger partial charge in [-0.15, -0.1) is 0 Å². The first-order valence-corrected chi connectivity index (χ1v) is 12.4. The van der Waals surface area contributed by atoms with Crippen LogP contribution in [0.3, 0.4) is 0 Å². The van der Waals surface area contributed by atoms with Crippen LogP contribution in [0, 0.1) is 23.6 Å². The fourth-order valence-corrected chi connectivity index (χ4v) is 5.07. The third-order valence-electron chi connectivity index (χ3n) is 6.91. The molecule has 1 aliphatic heterocycles. The number of aromatic nitrogens is 1. The molecule has 2 fully saturated rings. The number of amides is 2. The van der Waals surface area contributed by atoms with Crippen LogP contribution in [0.1, 0.15) is 6.42 Å². The number of carbonyl (C=O) groups is 2. The molecular formula is C27H24ClF3N4O3. The van der Waals surface area contributed by atoms with Crippen molar-refractivity contribution in [1.82, 2.24) is 9.47 Å². The van der Waals surface area contributed by atoms with Crippen LogP contribution in [0.2, 0.25) is 5.02 Å². The summed E-state index contributed by atoms with van der Waals surface area (Å²) in [7, 11) is 0. The molecule has 3 aromatic rings. The van der Waals surface area contributed by atoms with Gasteiger partial charge in [0.25, 0.3) is 11.5 Å². The predicted octanol–water partition coefficient (Wildman–Crippen LogP) is 4.41. The molecule has 2 heterocycles. The lowest BCUT2D eigenvalue weighted by Gasteiger charge is -2.15. The van der Waals surface area contributed by atoms with Crippen LogP contribution >= 0.6 is 11.6 Å². The van der Waals surface area contributed by atoms with Crippen molar-refractivity contribution in [2.24, 2.45) is 17.8 Å². The highest BCUT2D eigenvalue weighted by Crippen LogP contribution is 2.49. The summed E-state index contributed by atoms with van der Waals surface area (Å²) < 4.78 is 43.6. The van der Waals surface area contributed by atoms with E-state index in [0.29, 0.717) is 10.7 Å². The second kappa shape index (κ2) is 10.3. The fraction of sp³-hybridized carbons (Fsp3) is 0.296. The van der Waals surface area contributed by atoms with E-state index >= 15 is 0 Å². The molecule has 1 saturated carbocycles. The SMILES string of the molecule is O=C(Nc1ccc(-n2ccccc2=O)cc1F)[C@@H]1C(CN2CCC(F)(F)C2)[C@@H]1C(=O)Nc1ccc(Cl)cc1. The smallest absolute Gasteiger partial charge is 0.261 e. The lowest BCUT2D eigenvalue weighted by Crippen LogP contribution is -2.28. The number of hydrogen-bond donors (Lipinski definition) is 2. The number of alkyl halides is 2. The summed E-state index contributed by atoms with van der Waals surface area (Å²) in [5.74, 6) is -6.69. The Labute approximate surface area is 221 Å². The molecule has 2 amide bonds. The van der Waals surface area contributed by atoms with E-state index in [2.05, 4.69) is 10.6 Å². The molecule has 3 atom stereocenters. The Balaban J connectivity index is 1.31. The predicted molar refractivity (Wildman–Crippen MR) is 137 cm³/mol. The minimum atomic E-state index is -2.81. The molecule has 2 aromatic carbocycles. The van der Waals surface area contributed by atoms with Crippen LogP contribution < -0.4 is 16.2 Å². The van der Waals surface area contributed by atoms with Gasteiger partial charge in [0.1, 0.15) is 5.82 Å². The molecule has 0 radical (unpaired) electrons. The first-order valence-electron chi connectivity index (χ1n) is 12.1. The number of benzene rings is 2. The number of carbonyl (C=O) groups excluding carboxylic acids is 2. The average Bonchev–Trinajstić information content (AvgIpc) is 3.48. The lowest BCUT2D eigenvalue weighted by molar-refractivity contribution is -0.122. The zero-order valence-corrected chi connectivity index (χ0v) is 20.8. The molecule has 38 heavy (non-hydrogen) atoms. The van der Waals surface area contributed by atoms with Gasteiger partial charge in [-0.05, 0) is 48.4 Å². The number of hydrogen-bond acceptors (Lipinski definition) is 4. The van der Waals surface area contributed by atoms with E-state index in [4.69, 9.17) is 11.6 Å². The molecule has 2 aliphatic rings. The van der Waals surface area contributed by atoms with Crippen LogP contribution in [0.5, 0.6) is 0 Å². The van der Waals surface area contributed by atoms with Gasteiger partial charge in [0.15, 0.2) is 0 Å². The molecule has 1 aromatic heterocycles. The Morgan fingerprint density at radius 2 is 1.71 bits per heavy atom. The van der Waals surface area contributed by atoms with E-state index in [9.17, 15) is 27.6 Å². The lowest BCUT2D eigenvalue weighted by atomic mass is 10.2. The van der Waals surface area contributed by atoms with Crippen molar-refractivity contribution in [3.05, 3.63) is 88.1 Å². The van der Waals surface area contributed by atoms with Crippen LogP contribution in [-0.2, 0) is 9.59 Å². The number of nitrogens with zero attached hydrogens (tertiary/aromatic N) is 2. The standard InChI is InChI=1S/C27H24ClF3N4O3/c28-16-4-6-17(7-5-16)32-25(37)23-19(14-34-12-10-27(30,31)15-34)24(23)26(38)33-21-9-8-18(13-20(21)29)35-11-2-1-3-22(35)36/h1-9,11,13,19,23-24H,10,12,14-15H2,(H,32,37)(H,33,38)/t19?,23-,24+/m0/s1. The summed E-state index contributed by atoms with van der Waals surface area (Å²) in [5.41, 5.74) is 0.310. The van der Waals surface area contributed by atoms with Crippen molar-refractivity contribution in [3.8, 4) is 5.69 Å². The maximum absolute atomic E-state index is 14.9. The first-order chi connectivity index (χ1) is 18.1. The van der Waals surface area contributed by atoms with Crippen molar-refractivity contribution < 1.29 is 22.8 Å². The molecule has 7 nitrogen and oxygen atoms in total. The van der Waals surface area contributed by atoms with Gasteiger partial charge in [-0.3, -0.25) is 23.9 Å². The molecule has 198 valence electrons. The monoisotopic (exact) mass is 544 g/mol. The third-order valence-corrected chi connectivity index (χ3v) is 7.17. The van der Waals surface area contributed by atoms with Gasteiger partial charge < -0.3 is 10.6 Å². The molecule has 2 N–H and O–H groups in total. The molecule has 5 rings (SSSR count). The summed E-state index contributed by atoms with van der Waals surface area (Å²) in [5, 5.41) is 5.76. The topological polar surface area (TPSA) is 83.4 Å². The van der Waals surface area contributed by atoms with E-state index in [-0.39, 0.29) is 36.4 Å². The number of halogens is 4. The summed E-state index contributed by atoms with van der Waals surface area (Å²) in [6.07, 6.45) is 1.22. The normalized spacial score (nSPS) is 22.2. The first kappa shape index (κ1) is 26.0. The molecule has 0 spiro atoms. The number of nitrogens with one attached hydrogen (secondary N) is 2. The van der Waals surface area contributed by atoms with Crippen LogP contribution in [0.4, 0.5) is 24.5 Å². The summed E-state index contributed by atoms with van der Waals surface area (Å²) >= 11 is 5.89. The zero-order valence-electron chi connectivity index (χ0n) is 20.0. The summed E-state index contributed by atoms with van der Waals surface area (Å²) in [6.45, 7) is -0.124. The highest BCUT2D eigenvalue weighted by atomic mass is 35.5. The van der Waals surface area contributed by atoms with Crippen molar-refractivity contribution in [2.45, 2.75) is 12.3 Å². The van der Waals surface area contributed by atoms with E-state index in [1.54, 1.807) is 41.3 Å². The molecular weight excluding hydrogens is 521 g/mol. The quantitative estimate of drug-likeness (QED) is 0.461. The van der Waals surface area contributed by atoms with Crippen molar-refractivity contribution in [1.29, 1.82) is 0 Å². The molecule has 1 saturated heterocycles. The van der Waals surface area contributed by atoms with Crippen LogP contribution in [0.25, 0.3) is 5.69 Å². The third kappa shape index (κ3) is 5.61. The molecule has 0 bridgehead atoms. The summed E-state index contributed by atoms with van der Waals surface area (Å²) in [6, 6.07) is 14.9. The highest BCUT2D eigenvalue weighted by molar-refractivity contribution is 6.30.